The molecule has 0 saturated carbocycles. The summed E-state index contributed by atoms with van der Waals surface area (Å²) < 4.78 is 10.6. The van der Waals surface area contributed by atoms with Gasteiger partial charge in [0.1, 0.15) is 12.4 Å². The van der Waals surface area contributed by atoms with Crippen molar-refractivity contribution >= 4 is 0 Å². The highest BCUT2D eigenvalue weighted by atomic mass is 16.5. The second kappa shape index (κ2) is 4.00. The summed E-state index contributed by atoms with van der Waals surface area (Å²) in [5, 5.41) is 7.22. The molecular formula is C10H16N2O2. The molecular weight excluding hydrogens is 180 g/mol. The van der Waals surface area contributed by atoms with Gasteiger partial charge in [0.25, 0.3) is 5.88 Å². The SMILES string of the molecule is Cc1onc(OCC2CCCN2)c1C. The summed E-state index contributed by atoms with van der Waals surface area (Å²) in [5.74, 6) is 1.47. The summed E-state index contributed by atoms with van der Waals surface area (Å²) in [6.45, 7) is 5.64. The highest BCUT2D eigenvalue weighted by Crippen LogP contribution is 2.19. The van der Waals surface area contributed by atoms with Crippen LogP contribution in [0.2, 0.25) is 0 Å². The van der Waals surface area contributed by atoms with Crippen molar-refractivity contribution < 1.29 is 9.26 Å². The molecule has 0 radical (unpaired) electrons. The van der Waals surface area contributed by atoms with Crippen LogP contribution in [0, 0.1) is 13.8 Å². The molecule has 1 aromatic heterocycles. The minimum Gasteiger partial charge on any atom is -0.474 e. The van der Waals surface area contributed by atoms with Crippen molar-refractivity contribution in [3.63, 3.8) is 0 Å². The maximum absolute atomic E-state index is 5.57. The third-order valence-electron chi connectivity index (χ3n) is 2.70. The largest absolute Gasteiger partial charge is 0.474 e. The van der Waals surface area contributed by atoms with E-state index in [4.69, 9.17) is 9.26 Å². The second-order valence-electron chi connectivity index (χ2n) is 3.77. The highest BCUT2D eigenvalue weighted by Gasteiger charge is 2.16. The van der Waals surface area contributed by atoms with Crippen LogP contribution in [0.25, 0.3) is 0 Å². The van der Waals surface area contributed by atoms with Crippen molar-refractivity contribution in [3.05, 3.63) is 11.3 Å². The number of hydrogen-bond acceptors (Lipinski definition) is 4. The van der Waals surface area contributed by atoms with E-state index in [9.17, 15) is 0 Å². The first kappa shape index (κ1) is 9.52. The van der Waals surface area contributed by atoms with Crippen LogP contribution in [-0.2, 0) is 0 Å². The van der Waals surface area contributed by atoms with E-state index < -0.39 is 0 Å². The van der Waals surface area contributed by atoms with Gasteiger partial charge in [-0.05, 0) is 38.4 Å². The van der Waals surface area contributed by atoms with E-state index in [1.54, 1.807) is 0 Å². The van der Waals surface area contributed by atoms with Gasteiger partial charge in [-0.15, -0.1) is 0 Å². The first-order valence-electron chi connectivity index (χ1n) is 5.06. The Morgan fingerprint density at radius 2 is 2.43 bits per heavy atom. The van der Waals surface area contributed by atoms with Crippen molar-refractivity contribution in [1.82, 2.24) is 10.5 Å². The molecule has 1 unspecified atom stereocenters. The van der Waals surface area contributed by atoms with Crippen molar-refractivity contribution in [2.75, 3.05) is 13.2 Å². The normalized spacial score (nSPS) is 21.4. The number of nitrogens with zero attached hydrogens (tertiary/aromatic N) is 1. The van der Waals surface area contributed by atoms with E-state index in [2.05, 4.69) is 10.5 Å². The van der Waals surface area contributed by atoms with Gasteiger partial charge in [0.05, 0.1) is 5.56 Å². The average molecular weight is 196 g/mol. The Morgan fingerprint density at radius 1 is 1.57 bits per heavy atom. The first-order valence-corrected chi connectivity index (χ1v) is 5.06. The Kier molecular flexibility index (Phi) is 2.72. The molecule has 1 atom stereocenters. The number of rotatable bonds is 3. The van der Waals surface area contributed by atoms with Gasteiger partial charge < -0.3 is 14.6 Å². The Labute approximate surface area is 83.6 Å². The fraction of sp³-hybridized carbons (Fsp3) is 0.700. The lowest BCUT2D eigenvalue weighted by Crippen LogP contribution is -2.28. The summed E-state index contributed by atoms with van der Waals surface area (Å²) in [4.78, 5) is 0. The lowest BCUT2D eigenvalue weighted by molar-refractivity contribution is 0.248. The minimum atomic E-state index is 0.478. The molecule has 4 nitrogen and oxygen atoms in total. The van der Waals surface area contributed by atoms with Gasteiger partial charge in [-0.2, -0.15) is 0 Å². The number of nitrogens with one attached hydrogen (secondary N) is 1. The summed E-state index contributed by atoms with van der Waals surface area (Å²) in [6, 6.07) is 0.478. The van der Waals surface area contributed by atoms with Gasteiger partial charge in [0.15, 0.2) is 0 Å². The highest BCUT2D eigenvalue weighted by molar-refractivity contribution is 5.25. The predicted octanol–water partition coefficient (Wildman–Crippen LogP) is 1.42. The summed E-state index contributed by atoms with van der Waals surface area (Å²) in [7, 11) is 0. The summed E-state index contributed by atoms with van der Waals surface area (Å²) >= 11 is 0. The van der Waals surface area contributed by atoms with Gasteiger partial charge in [-0.25, -0.2) is 0 Å². The predicted molar refractivity (Wildman–Crippen MR) is 52.5 cm³/mol. The molecule has 2 heterocycles. The summed E-state index contributed by atoms with van der Waals surface area (Å²) in [5.41, 5.74) is 1.00. The molecule has 14 heavy (non-hydrogen) atoms. The van der Waals surface area contributed by atoms with E-state index in [0.717, 1.165) is 17.9 Å². The van der Waals surface area contributed by atoms with Gasteiger partial charge in [0.2, 0.25) is 0 Å². The molecule has 1 N–H and O–H groups in total. The average Bonchev–Trinajstić information content (AvgIpc) is 2.77. The molecule has 1 aliphatic rings. The minimum absolute atomic E-state index is 0.478. The van der Waals surface area contributed by atoms with Crippen LogP contribution in [0.3, 0.4) is 0 Å². The van der Waals surface area contributed by atoms with Gasteiger partial charge >= 0.3 is 0 Å². The van der Waals surface area contributed by atoms with Crippen molar-refractivity contribution in [2.24, 2.45) is 0 Å². The third kappa shape index (κ3) is 1.90. The van der Waals surface area contributed by atoms with Crippen LogP contribution in [0.1, 0.15) is 24.2 Å². The van der Waals surface area contributed by atoms with Gasteiger partial charge in [-0.1, -0.05) is 0 Å². The molecule has 78 valence electrons. The number of aryl methyl sites for hydroxylation is 1. The van der Waals surface area contributed by atoms with Crippen LogP contribution in [0.5, 0.6) is 5.88 Å². The Balaban J connectivity index is 1.88. The van der Waals surface area contributed by atoms with Crippen LogP contribution in [0.4, 0.5) is 0 Å². The fourth-order valence-corrected chi connectivity index (χ4v) is 1.61. The molecule has 0 bridgehead atoms. The van der Waals surface area contributed by atoms with Gasteiger partial charge in [-0.3, -0.25) is 0 Å². The molecule has 4 heteroatoms. The third-order valence-corrected chi connectivity index (χ3v) is 2.70. The van der Waals surface area contributed by atoms with E-state index in [1.807, 2.05) is 13.8 Å². The maximum Gasteiger partial charge on any atom is 0.257 e. The zero-order valence-electron chi connectivity index (χ0n) is 8.67. The Hall–Kier alpha value is -1.03. The molecule has 0 aromatic carbocycles. The first-order chi connectivity index (χ1) is 6.77. The molecule has 0 amide bonds. The van der Waals surface area contributed by atoms with E-state index in [1.165, 1.54) is 12.8 Å². The number of ether oxygens (including phenoxy) is 1. The van der Waals surface area contributed by atoms with Gasteiger partial charge in [0, 0.05) is 6.04 Å². The summed E-state index contributed by atoms with van der Waals surface area (Å²) in [6.07, 6.45) is 2.43. The second-order valence-corrected chi connectivity index (χ2v) is 3.77. The molecule has 1 saturated heterocycles. The smallest absolute Gasteiger partial charge is 0.257 e. The topological polar surface area (TPSA) is 47.3 Å². The van der Waals surface area contributed by atoms with E-state index in [-0.39, 0.29) is 0 Å². The molecule has 2 rings (SSSR count). The zero-order valence-corrected chi connectivity index (χ0v) is 8.67. The monoisotopic (exact) mass is 196 g/mol. The number of hydrogen-bond donors (Lipinski definition) is 1. The van der Waals surface area contributed by atoms with Crippen LogP contribution >= 0.6 is 0 Å². The Bertz CT molecular complexity index is 303. The maximum atomic E-state index is 5.57. The molecule has 1 aliphatic heterocycles. The van der Waals surface area contributed by atoms with E-state index >= 15 is 0 Å². The molecule has 0 aliphatic carbocycles. The lowest BCUT2D eigenvalue weighted by Gasteiger charge is -2.09. The Morgan fingerprint density at radius 3 is 3.00 bits per heavy atom. The molecule has 0 spiro atoms. The van der Waals surface area contributed by atoms with Crippen molar-refractivity contribution in [2.45, 2.75) is 32.7 Å². The van der Waals surface area contributed by atoms with Crippen molar-refractivity contribution in [1.29, 1.82) is 0 Å². The number of aromatic nitrogens is 1. The van der Waals surface area contributed by atoms with Crippen LogP contribution < -0.4 is 10.1 Å². The fourth-order valence-electron chi connectivity index (χ4n) is 1.61. The lowest BCUT2D eigenvalue weighted by atomic mass is 10.2. The molecule has 1 fully saturated rings. The van der Waals surface area contributed by atoms with Crippen LogP contribution in [-0.4, -0.2) is 24.4 Å². The van der Waals surface area contributed by atoms with Crippen molar-refractivity contribution in [3.8, 4) is 5.88 Å². The van der Waals surface area contributed by atoms with E-state index in [0.29, 0.717) is 18.5 Å². The quantitative estimate of drug-likeness (QED) is 0.794. The molecule has 1 aromatic rings. The standard InChI is InChI=1S/C10H16N2O2/c1-7-8(2)14-12-10(7)13-6-9-4-3-5-11-9/h9,11H,3-6H2,1-2H3. The van der Waals surface area contributed by atoms with Crippen LogP contribution in [0.15, 0.2) is 4.52 Å². The zero-order chi connectivity index (χ0) is 9.97.